The summed E-state index contributed by atoms with van der Waals surface area (Å²) in [5, 5.41) is 0. The van der Waals surface area contributed by atoms with Gasteiger partial charge >= 0.3 is 79.5 Å². The van der Waals surface area contributed by atoms with Crippen molar-refractivity contribution in [1.82, 2.24) is 0 Å². The van der Waals surface area contributed by atoms with Crippen LogP contribution in [0, 0.1) is 0 Å². The standard InChI is InChI=1S/2C4H9O.BrH.O.V/c2*1-2-3-4-5;;;/h2*2-4H2,1H3;1H;;/q2*-1;;;+2. The third kappa shape index (κ3) is 12.8. The Hall–Kier alpha value is 0.784. The maximum atomic E-state index is 11.0. The van der Waals surface area contributed by atoms with Gasteiger partial charge in [0.1, 0.15) is 0 Å². The molecule has 0 aromatic rings. The minimum atomic E-state index is -2.58. The Kier molecular flexibility index (Phi) is 16.0. The van der Waals surface area contributed by atoms with Gasteiger partial charge in [0.25, 0.3) is 0 Å². The molecule has 0 aromatic carbocycles. The zero-order chi connectivity index (χ0) is 9.23. The van der Waals surface area contributed by atoms with Gasteiger partial charge in [-0.3, -0.25) is 0 Å². The molecule has 3 nitrogen and oxygen atoms in total. The molecule has 5 heteroatoms. The van der Waals surface area contributed by atoms with Gasteiger partial charge in [0.2, 0.25) is 0 Å². The molecule has 81 valence electrons. The van der Waals surface area contributed by atoms with E-state index < -0.39 is 15.8 Å². The Morgan fingerprint density at radius 2 is 1.38 bits per heavy atom. The van der Waals surface area contributed by atoms with Crippen molar-refractivity contribution in [1.29, 1.82) is 0 Å². The first kappa shape index (κ1) is 16.2. The van der Waals surface area contributed by atoms with E-state index in [1.54, 1.807) is 0 Å². The van der Waals surface area contributed by atoms with Crippen LogP contribution in [-0.4, -0.2) is 13.2 Å². The fraction of sp³-hybridized carbons (Fsp3) is 1.00. The molecular formula is C8H19BrO3V. The average molecular weight is 294 g/mol. The summed E-state index contributed by atoms with van der Waals surface area (Å²) in [6, 6.07) is 0. The van der Waals surface area contributed by atoms with Crippen molar-refractivity contribution in [3.05, 3.63) is 0 Å². The van der Waals surface area contributed by atoms with Crippen molar-refractivity contribution in [3.63, 3.8) is 0 Å². The van der Waals surface area contributed by atoms with E-state index in [0.717, 1.165) is 25.7 Å². The maximum absolute atomic E-state index is 11.0. The van der Waals surface area contributed by atoms with Gasteiger partial charge in [0, 0.05) is 0 Å². The average Bonchev–Trinajstić information content (AvgIpc) is 2.06. The topological polar surface area (TPSA) is 35.5 Å². The van der Waals surface area contributed by atoms with Crippen LogP contribution < -0.4 is 0 Å². The molecule has 0 aliphatic rings. The Morgan fingerprint density at radius 1 is 1.00 bits per heavy atom. The van der Waals surface area contributed by atoms with Gasteiger partial charge in [-0.25, -0.2) is 0 Å². The molecule has 0 unspecified atom stereocenters. The fourth-order valence-corrected chi connectivity index (χ4v) is 1.59. The molecule has 0 N–H and O–H groups in total. The summed E-state index contributed by atoms with van der Waals surface area (Å²) in [5.41, 5.74) is 0. The summed E-state index contributed by atoms with van der Waals surface area (Å²) in [5.74, 6) is 0. The Labute approximate surface area is 96.4 Å². The summed E-state index contributed by atoms with van der Waals surface area (Å²) >= 11 is -2.58. The van der Waals surface area contributed by atoms with E-state index >= 15 is 0 Å². The van der Waals surface area contributed by atoms with E-state index in [9.17, 15) is 3.67 Å². The second kappa shape index (κ2) is 12.8. The molecule has 0 heterocycles. The molecule has 0 aliphatic carbocycles. The molecule has 0 fully saturated rings. The number of halogens is 1. The molecule has 0 spiro atoms. The van der Waals surface area contributed by atoms with Gasteiger partial charge < -0.3 is 0 Å². The van der Waals surface area contributed by atoms with Gasteiger partial charge in [-0.05, 0) is 0 Å². The molecular weight excluding hydrogens is 275 g/mol. The van der Waals surface area contributed by atoms with Gasteiger partial charge in [-0.1, -0.05) is 0 Å². The van der Waals surface area contributed by atoms with Gasteiger partial charge in [-0.15, -0.1) is 17.0 Å². The number of rotatable bonds is 8. The number of hydrogen-bond donors (Lipinski definition) is 0. The first-order valence-corrected chi connectivity index (χ1v) is 6.25. The van der Waals surface area contributed by atoms with Gasteiger partial charge in [-0.2, -0.15) is 0 Å². The van der Waals surface area contributed by atoms with Crippen molar-refractivity contribution in [2.75, 3.05) is 13.2 Å². The third-order valence-corrected chi connectivity index (χ3v) is 2.62. The first-order chi connectivity index (χ1) is 5.81. The van der Waals surface area contributed by atoms with E-state index in [2.05, 4.69) is 13.8 Å². The predicted octanol–water partition coefficient (Wildman–Crippen LogP) is 2.99. The van der Waals surface area contributed by atoms with E-state index in [1.165, 1.54) is 0 Å². The Morgan fingerprint density at radius 3 is 1.69 bits per heavy atom. The first-order valence-electron chi connectivity index (χ1n) is 4.54. The Bertz CT molecular complexity index is 110. The predicted molar refractivity (Wildman–Crippen MR) is 52.7 cm³/mol. The van der Waals surface area contributed by atoms with Crippen LogP contribution in [0.3, 0.4) is 0 Å². The van der Waals surface area contributed by atoms with Crippen molar-refractivity contribution in [2.45, 2.75) is 39.5 Å². The molecule has 0 saturated heterocycles. The quantitative estimate of drug-likeness (QED) is 0.646. The monoisotopic (exact) mass is 293 g/mol. The van der Waals surface area contributed by atoms with Crippen LogP contribution in [0.1, 0.15) is 39.5 Å². The van der Waals surface area contributed by atoms with E-state index in [4.69, 9.17) is 7.32 Å². The van der Waals surface area contributed by atoms with Gasteiger partial charge in [0.05, 0.1) is 0 Å². The molecule has 0 aromatic heterocycles. The summed E-state index contributed by atoms with van der Waals surface area (Å²) in [6.07, 6.45) is 4.06. The molecule has 13 heavy (non-hydrogen) atoms. The fourth-order valence-electron chi connectivity index (χ4n) is 0.604. The molecule has 0 amide bonds. The van der Waals surface area contributed by atoms with Crippen LogP contribution in [-0.2, 0) is 26.8 Å². The van der Waals surface area contributed by atoms with Crippen molar-refractivity contribution in [3.8, 4) is 0 Å². The summed E-state index contributed by atoms with van der Waals surface area (Å²) in [6.45, 7) is 5.30. The zero-order valence-electron chi connectivity index (χ0n) is 8.32. The van der Waals surface area contributed by atoms with Crippen molar-refractivity contribution in [2.24, 2.45) is 0 Å². The second-order valence-corrected chi connectivity index (χ2v) is 4.10. The SMILES string of the molecule is Br.CCCC[O][V](=[O])[O]CCCC. The third-order valence-electron chi connectivity index (χ3n) is 1.39. The molecule has 0 bridgehead atoms. The van der Waals surface area contributed by atoms with Crippen LogP contribution in [0.25, 0.3) is 0 Å². The summed E-state index contributed by atoms with van der Waals surface area (Å²) in [4.78, 5) is 0. The Balaban J connectivity index is 0. The van der Waals surface area contributed by atoms with Crippen LogP contribution >= 0.6 is 17.0 Å². The minimum absolute atomic E-state index is 0. The van der Waals surface area contributed by atoms with Crippen LogP contribution in [0.4, 0.5) is 0 Å². The van der Waals surface area contributed by atoms with E-state index in [0.29, 0.717) is 13.2 Å². The van der Waals surface area contributed by atoms with E-state index in [1.807, 2.05) is 0 Å². The molecule has 0 aliphatic heterocycles. The van der Waals surface area contributed by atoms with Gasteiger partial charge in [0.15, 0.2) is 0 Å². The molecule has 0 saturated carbocycles. The van der Waals surface area contributed by atoms with E-state index in [-0.39, 0.29) is 17.0 Å². The zero-order valence-corrected chi connectivity index (χ0v) is 11.4. The summed E-state index contributed by atoms with van der Waals surface area (Å²) < 4.78 is 21.0. The number of hydrogen-bond acceptors (Lipinski definition) is 3. The molecule has 0 radical (unpaired) electrons. The van der Waals surface area contributed by atoms with Crippen molar-refractivity contribution < 1.29 is 26.8 Å². The van der Waals surface area contributed by atoms with Crippen LogP contribution in [0.5, 0.6) is 0 Å². The second-order valence-electron chi connectivity index (χ2n) is 2.60. The van der Waals surface area contributed by atoms with Crippen molar-refractivity contribution >= 4 is 17.0 Å². The molecule has 0 atom stereocenters. The summed E-state index contributed by atoms with van der Waals surface area (Å²) in [7, 11) is 0. The molecule has 0 rings (SSSR count). The normalized spacial score (nSPS) is 9.38. The van der Waals surface area contributed by atoms with Crippen LogP contribution in [0.15, 0.2) is 0 Å². The number of unbranched alkanes of at least 4 members (excludes halogenated alkanes) is 2. The van der Waals surface area contributed by atoms with Crippen LogP contribution in [0.2, 0.25) is 0 Å².